The molecule has 1 fully saturated rings. The Bertz CT molecular complexity index is 1360. The second-order valence-corrected chi connectivity index (χ2v) is 8.38. The Morgan fingerprint density at radius 2 is 1.83 bits per heavy atom. The van der Waals surface area contributed by atoms with Gasteiger partial charge in [-0.05, 0) is 60.7 Å². The third kappa shape index (κ3) is 5.96. The number of carbonyl (C=O) groups is 2. The van der Waals surface area contributed by atoms with Gasteiger partial charge in [-0.3, -0.25) is 9.59 Å². The first-order chi connectivity index (χ1) is 17.1. The van der Waals surface area contributed by atoms with Gasteiger partial charge in [-0.15, -0.1) is 0 Å². The molecule has 0 radical (unpaired) electrons. The van der Waals surface area contributed by atoms with Crippen LogP contribution in [0.25, 0.3) is 6.08 Å². The number of nitrogens with zero attached hydrogens (tertiary/aromatic N) is 2. The van der Waals surface area contributed by atoms with Crippen molar-refractivity contribution in [2.45, 2.75) is 13.5 Å². The fourth-order valence-corrected chi connectivity index (χ4v) is 4.10. The monoisotopic (exact) mass is 483 g/mol. The maximum Gasteiger partial charge on any atom is 0.279 e. The van der Waals surface area contributed by atoms with Crippen LogP contribution in [-0.4, -0.2) is 23.6 Å². The molecule has 3 aromatic carbocycles. The Balaban J connectivity index is 1.50. The average molecular weight is 484 g/mol. The van der Waals surface area contributed by atoms with Crippen LogP contribution in [0, 0.1) is 11.3 Å². The molecule has 0 saturated carbocycles. The highest BCUT2D eigenvalue weighted by molar-refractivity contribution is 8.18. The normalized spacial score (nSPS) is 15.0. The minimum Gasteiger partial charge on any atom is -0.490 e. The van der Waals surface area contributed by atoms with Gasteiger partial charge in [0.1, 0.15) is 6.61 Å². The number of nitrogens with one attached hydrogen (secondary N) is 1. The Labute approximate surface area is 207 Å². The Morgan fingerprint density at radius 3 is 2.60 bits per heavy atom. The lowest BCUT2D eigenvalue weighted by Gasteiger charge is -2.13. The van der Waals surface area contributed by atoms with Crippen LogP contribution in [0.1, 0.15) is 34.0 Å². The zero-order chi connectivity index (χ0) is 24.6. The highest BCUT2D eigenvalue weighted by atomic mass is 32.2. The number of aliphatic imine (C=N–C) groups is 1. The summed E-state index contributed by atoms with van der Waals surface area (Å²) in [6, 6.07) is 23.4. The summed E-state index contributed by atoms with van der Waals surface area (Å²) in [5.74, 6) is 0.294. The number of carbonyl (C=O) groups excluding carboxylic acids is 2. The van der Waals surface area contributed by atoms with Crippen LogP contribution in [0.4, 0.5) is 0 Å². The molecule has 8 heteroatoms. The molecular weight excluding hydrogens is 462 g/mol. The zero-order valence-corrected chi connectivity index (χ0v) is 19.7. The molecule has 1 aliphatic heterocycles. The van der Waals surface area contributed by atoms with E-state index in [4.69, 9.17) is 9.47 Å². The van der Waals surface area contributed by atoms with E-state index in [-0.39, 0.29) is 17.7 Å². The molecular formula is C27H21N3O4S. The predicted octanol–water partition coefficient (Wildman–Crippen LogP) is 4.94. The van der Waals surface area contributed by atoms with E-state index < -0.39 is 5.91 Å². The predicted molar refractivity (Wildman–Crippen MR) is 135 cm³/mol. The van der Waals surface area contributed by atoms with Crippen LogP contribution in [0.15, 0.2) is 82.7 Å². The fourth-order valence-electron chi connectivity index (χ4n) is 3.28. The molecule has 1 N–H and O–H groups in total. The molecule has 1 saturated heterocycles. The van der Waals surface area contributed by atoms with Gasteiger partial charge in [-0.1, -0.05) is 42.5 Å². The Kier molecular flexibility index (Phi) is 7.60. The number of rotatable bonds is 7. The highest BCUT2D eigenvalue weighted by Gasteiger charge is 2.25. The number of amides is 2. The molecule has 174 valence electrons. The van der Waals surface area contributed by atoms with E-state index in [1.807, 2.05) is 25.1 Å². The second-order valence-electron chi connectivity index (χ2n) is 7.35. The van der Waals surface area contributed by atoms with Gasteiger partial charge in [-0.25, -0.2) is 0 Å². The lowest BCUT2D eigenvalue weighted by Crippen LogP contribution is -2.20. The first-order valence-electron chi connectivity index (χ1n) is 10.8. The molecule has 0 spiro atoms. The topological polar surface area (TPSA) is 101 Å². The first-order valence-corrected chi connectivity index (χ1v) is 11.7. The van der Waals surface area contributed by atoms with Crippen LogP contribution >= 0.6 is 11.8 Å². The molecule has 7 nitrogen and oxygen atoms in total. The molecule has 1 heterocycles. The number of thioether (sulfide) groups is 1. The van der Waals surface area contributed by atoms with Gasteiger partial charge in [0.2, 0.25) is 0 Å². The lowest BCUT2D eigenvalue weighted by atomic mass is 10.1. The van der Waals surface area contributed by atoms with E-state index in [0.717, 1.165) is 22.9 Å². The van der Waals surface area contributed by atoms with E-state index in [1.165, 1.54) is 0 Å². The minimum atomic E-state index is -0.423. The van der Waals surface area contributed by atoms with E-state index in [9.17, 15) is 14.9 Å². The molecule has 0 unspecified atom stereocenters. The summed E-state index contributed by atoms with van der Waals surface area (Å²) in [5, 5.41) is 12.1. The first kappa shape index (κ1) is 23.8. The average Bonchev–Trinajstić information content (AvgIpc) is 3.22. The summed E-state index contributed by atoms with van der Waals surface area (Å²) >= 11 is 1.10. The highest BCUT2D eigenvalue weighted by Crippen LogP contribution is 2.32. The molecule has 1 aliphatic rings. The van der Waals surface area contributed by atoms with Crippen LogP contribution in [0.5, 0.6) is 11.5 Å². The zero-order valence-electron chi connectivity index (χ0n) is 18.9. The summed E-state index contributed by atoms with van der Waals surface area (Å²) in [4.78, 5) is 29.2. The van der Waals surface area contributed by atoms with Gasteiger partial charge in [-0.2, -0.15) is 10.3 Å². The van der Waals surface area contributed by atoms with Crippen LogP contribution < -0.4 is 14.8 Å². The largest absolute Gasteiger partial charge is 0.490 e. The van der Waals surface area contributed by atoms with Crippen LogP contribution in [0.2, 0.25) is 0 Å². The summed E-state index contributed by atoms with van der Waals surface area (Å²) in [6.45, 7) is 2.52. The maximum absolute atomic E-state index is 12.4. The number of hydrogen-bond donors (Lipinski definition) is 1. The molecule has 0 bridgehead atoms. The third-order valence-electron chi connectivity index (χ3n) is 4.96. The Morgan fingerprint density at radius 1 is 1.06 bits per heavy atom. The van der Waals surface area contributed by atoms with Crippen LogP contribution in [-0.2, 0) is 11.4 Å². The summed E-state index contributed by atoms with van der Waals surface area (Å²) in [5.41, 5.74) is 2.51. The van der Waals surface area contributed by atoms with Crippen molar-refractivity contribution in [3.05, 3.63) is 100.0 Å². The van der Waals surface area contributed by atoms with Gasteiger partial charge in [0, 0.05) is 11.1 Å². The standard InChI is InChI=1S/C27H21N3O4S/c1-2-33-23-14-18(12-13-22(23)34-17-21-11-7-6-10-20(21)16-28)15-24-26(32)30-27(35-24)29-25(31)19-8-4-3-5-9-19/h3-15H,2,17H2,1H3,(H,29,30,31,32)/b24-15-. The molecule has 0 atom stereocenters. The van der Waals surface area contributed by atoms with Crippen molar-refractivity contribution in [1.82, 2.24) is 5.32 Å². The molecule has 3 aromatic rings. The van der Waals surface area contributed by atoms with Gasteiger partial charge in [0.15, 0.2) is 16.7 Å². The van der Waals surface area contributed by atoms with Crippen molar-refractivity contribution in [3.8, 4) is 17.6 Å². The lowest BCUT2D eigenvalue weighted by molar-refractivity contribution is -0.115. The third-order valence-corrected chi connectivity index (χ3v) is 5.87. The smallest absolute Gasteiger partial charge is 0.279 e. The van der Waals surface area contributed by atoms with Crippen molar-refractivity contribution in [1.29, 1.82) is 5.26 Å². The molecule has 0 aliphatic carbocycles. The van der Waals surface area contributed by atoms with E-state index in [0.29, 0.717) is 34.1 Å². The SMILES string of the molecule is CCOc1cc(/C=C2\SC(=NC(=O)c3ccccc3)NC2=O)ccc1OCc1ccccc1C#N. The van der Waals surface area contributed by atoms with E-state index >= 15 is 0 Å². The summed E-state index contributed by atoms with van der Waals surface area (Å²) < 4.78 is 11.7. The van der Waals surface area contributed by atoms with Gasteiger partial charge >= 0.3 is 0 Å². The molecule has 35 heavy (non-hydrogen) atoms. The number of ether oxygens (including phenoxy) is 2. The molecule has 2 amide bonds. The quantitative estimate of drug-likeness (QED) is 0.478. The second kappa shape index (κ2) is 11.2. The van der Waals surface area contributed by atoms with E-state index in [1.54, 1.807) is 60.7 Å². The summed E-state index contributed by atoms with van der Waals surface area (Å²) in [6.07, 6.45) is 1.70. The molecule has 0 aromatic heterocycles. The number of hydrogen-bond acceptors (Lipinski definition) is 6. The number of amidine groups is 1. The minimum absolute atomic E-state index is 0.220. The Hall–Kier alpha value is -4.35. The van der Waals surface area contributed by atoms with Gasteiger partial charge in [0.25, 0.3) is 11.8 Å². The van der Waals surface area contributed by atoms with Crippen molar-refractivity contribution >= 4 is 34.8 Å². The van der Waals surface area contributed by atoms with Crippen molar-refractivity contribution < 1.29 is 19.1 Å². The van der Waals surface area contributed by atoms with E-state index in [2.05, 4.69) is 16.4 Å². The fraction of sp³-hybridized carbons (Fsp3) is 0.111. The summed E-state index contributed by atoms with van der Waals surface area (Å²) in [7, 11) is 0. The number of benzene rings is 3. The van der Waals surface area contributed by atoms with Gasteiger partial charge in [0.05, 0.1) is 23.1 Å². The van der Waals surface area contributed by atoms with Crippen molar-refractivity contribution in [3.63, 3.8) is 0 Å². The van der Waals surface area contributed by atoms with Crippen LogP contribution in [0.3, 0.4) is 0 Å². The maximum atomic E-state index is 12.4. The van der Waals surface area contributed by atoms with Crippen molar-refractivity contribution in [2.75, 3.05) is 6.61 Å². The van der Waals surface area contributed by atoms with Crippen molar-refractivity contribution in [2.24, 2.45) is 4.99 Å². The van der Waals surface area contributed by atoms with Gasteiger partial charge < -0.3 is 14.8 Å². The number of nitriles is 1. The molecule has 4 rings (SSSR count).